The number of hydrogen-bond donors (Lipinski definition) is 2. The highest BCUT2D eigenvalue weighted by Crippen LogP contribution is 2.34. The van der Waals surface area contributed by atoms with Gasteiger partial charge < -0.3 is 10.6 Å². The zero-order chi connectivity index (χ0) is 13.4. The number of anilines is 2. The van der Waals surface area contributed by atoms with Crippen LogP contribution in [0.1, 0.15) is 20.3 Å². The predicted molar refractivity (Wildman–Crippen MR) is 77.2 cm³/mol. The number of fused-ring (bicyclic) bond motifs is 3. The first-order valence-electron chi connectivity index (χ1n) is 6.66. The summed E-state index contributed by atoms with van der Waals surface area (Å²) in [6.07, 6.45) is 2.68. The molecule has 1 aromatic heterocycles. The smallest absolute Gasteiger partial charge is 0.247 e. The lowest BCUT2D eigenvalue weighted by Crippen LogP contribution is -2.43. The predicted octanol–water partition coefficient (Wildman–Crippen LogP) is 3.01. The van der Waals surface area contributed by atoms with Crippen LogP contribution in [0.5, 0.6) is 0 Å². The lowest BCUT2D eigenvalue weighted by atomic mass is 9.95. The SMILES string of the molecule is CCC(C)C1Nc2c(cnc3ccccc23)NC1=O. The first-order chi connectivity index (χ1) is 9.20. The van der Waals surface area contributed by atoms with Gasteiger partial charge in [-0.1, -0.05) is 38.5 Å². The summed E-state index contributed by atoms with van der Waals surface area (Å²) < 4.78 is 0. The molecule has 1 aliphatic heterocycles. The Morgan fingerprint density at radius 2 is 2.16 bits per heavy atom. The van der Waals surface area contributed by atoms with Gasteiger partial charge in [0.25, 0.3) is 0 Å². The third-order valence-corrected chi connectivity index (χ3v) is 3.83. The molecule has 4 heteroatoms. The molecule has 0 aliphatic carbocycles. The fourth-order valence-electron chi connectivity index (χ4n) is 2.46. The van der Waals surface area contributed by atoms with Gasteiger partial charge in [0.1, 0.15) is 6.04 Å². The van der Waals surface area contributed by atoms with E-state index in [1.54, 1.807) is 6.20 Å². The molecular weight excluding hydrogens is 238 g/mol. The topological polar surface area (TPSA) is 54.0 Å². The van der Waals surface area contributed by atoms with Crippen LogP contribution >= 0.6 is 0 Å². The second-order valence-corrected chi connectivity index (χ2v) is 5.06. The van der Waals surface area contributed by atoms with E-state index in [1.807, 2.05) is 24.3 Å². The monoisotopic (exact) mass is 255 g/mol. The molecule has 1 amide bonds. The quantitative estimate of drug-likeness (QED) is 0.867. The molecule has 19 heavy (non-hydrogen) atoms. The first kappa shape index (κ1) is 12.0. The Hall–Kier alpha value is -2.10. The van der Waals surface area contributed by atoms with Gasteiger partial charge in [-0.25, -0.2) is 0 Å². The van der Waals surface area contributed by atoms with E-state index in [4.69, 9.17) is 0 Å². The summed E-state index contributed by atoms with van der Waals surface area (Å²) in [5.74, 6) is 0.319. The fourth-order valence-corrected chi connectivity index (χ4v) is 2.46. The highest BCUT2D eigenvalue weighted by Gasteiger charge is 2.30. The maximum absolute atomic E-state index is 12.1. The molecule has 98 valence electrons. The van der Waals surface area contributed by atoms with Crippen LogP contribution in [0.15, 0.2) is 30.5 Å². The molecule has 0 bridgehead atoms. The van der Waals surface area contributed by atoms with Crippen molar-refractivity contribution in [2.24, 2.45) is 5.92 Å². The summed E-state index contributed by atoms with van der Waals surface area (Å²) in [6, 6.07) is 7.78. The Bertz CT molecular complexity index is 638. The van der Waals surface area contributed by atoms with Crippen LogP contribution in [-0.4, -0.2) is 16.9 Å². The van der Waals surface area contributed by atoms with Crippen molar-refractivity contribution in [3.05, 3.63) is 30.5 Å². The Labute approximate surface area is 112 Å². The van der Waals surface area contributed by atoms with Crippen LogP contribution < -0.4 is 10.6 Å². The van der Waals surface area contributed by atoms with E-state index in [-0.39, 0.29) is 11.9 Å². The minimum absolute atomic E-state index is 0.0268. The molecule has 3 rings (SSSR count). The van der Waals surface area contributed by atoms with Crippen LogP contribution in [-0.2, 0) is 4.79 Å². The Morgan fingerprint density at radius 1 is 1.37 bits per heavy atom. The minimum Gasteiger partial charge on any atom is -0.371 e. The van der Waals surface area contributed by atoms with E-state index in [9.17, 15) is 4.79 Å². The van der Waals surface area contributed by atoms with Gasteiger partial charge in [0.05, 0.1) is 23.1 Å². The first-order valence-corrected chi connectivity index (χ1v) is 6.66. The van der Waals surface area contributed by atoms with Crippen LogP contribution in [0.25, 0.3) is 10.9 Å². The molecule has 4 nitrogen and oxygen atoms in total. The van der Waals surface area contributed by atoms with Crippen LogP contribution in [0.3, 0.4) is 0 Å². The Kier molecular flexibility index (Phi) is 2.85. The summed E-state index contributed by atoms with van der Waals surface area (Å²) in [5, 5.41) is 7.39. The Morgan fingerprint density at radius 3 is 2.95 bits per heavy atom. The van der Waals surface area contributed by atoms with E-state index >= 15 is 0 Å². The standard InChI is InChI=1S/C15H17N3O/c1-3-9(2)13-15(19)17-12-8-16-11-7-5-4-6-10(11)14(12)18-13/h4-9,13,18H,3H2,1-2H3,(H,17,19). The van der Waals surface area contributed by atoms with E-state index in [2.05, 4.69) is 29.5 Å². The number of benzene rings is 1. The molecule has 2 atom stereocenters. The molecule has 2 aromatic rings. The van der Waals surface area contributed by atoms with Gasteiger partial charge in [-0.05, 0) is 12.0 Å². The number of rotatable bonds is 2. The third kappa shape index (κ3) is 1.93. The number of nitrogens with one attached hydrogen (secondary N) is 2. The van der Waals surface area contributed by atoms with Crippen LogP contribution in [0, 0.1) is 5.92 Å². The molecule has 2 unspecified atom stereocenters. The van der Waals surface area contributed by atoms with Crippen molar-refractivity contribution >= 4 is 28.2 Å². The second-order valence-electron chi connectivity index (χ2n) is 5.06. The largest absolute Gasteiger partial charge is 0.371 e. The van der Waals surface area contributed by atoms with Gasteiger partial charge in [-0.3, -0.25) is 9.78 Å². The maximum atomic E-state index is 12.1. The number of nitrogens with zero attached hydrogens (tertiary/aromatic N) is 1. The zero-order valence-electron chi connectivity index (χ0n) is 11.1. The number of carbonyl (C=O) groups excluding carboxylic acids is 1. The van der Waals surface area contributed by atoms with Gasteiger partial charge in [-0.15, -0.1) is 0 Å². The molecule has 0 spiro atoms. The van der Waals surface area contributed by atoms with E-state index in [1.165, 1.54) is 0 Å². The molecule has 0 radical (unpaired) electrons. The van der Waals surface area contributed by atoms with Crippen molar-refractivity contribution < 1.29 is 4.79 Å². The van der Waals surface area contributed by atoms with Crippen LogP contribution in [0.2, 0.25) is 0 Å². The van der Waals surface area contributed by atoms with Crippen LogP contribution in [0.4, 0.5) is 11.4 Å². The summed E-state index contributed by atoms with van der Waals surface area (Å²) in [5.41, 5.74) is 2.69. The molecule has 0 fully saturated rings. The highest BCUT2D eigenvalue weighted by atomic mass is 16.2. The molecular formula is C15H17N3O. The van der Waals surface area contributed by atoms with Gasteiger partial charge in [0.2, 0.25) is 5.91 Å². The average Bonchev–Trinajstić information content (AvgIpc) is 2.45. The van der Waals surface area contributed by atoms with Crippen molar-refractivity contribution in [2.75, 3.05) is 10.6 Å². The van der Waals surface area contributed by atoms with E-state index in [0.717, 1.165) is 28.7 Å². The lowest BCUT2D eigenvalue weighted by Gasteiger charge is -2.30. The number of para-hydroxylation sites is 1. The van der Waals surface area contributed by atoms with Gasteiger partial charge in [-0.2, -0.15) is 0 Å². The minimum atomic E-state index is -0.177. The fraction of sp³-hybridized carbons (Fsp3) is 0.333. The molecule has 0 saturated carbocycles. The maximum Gasteiger partial charge on any atom is 0.247 e. The highest BCUT2D eigenvalue weighted by molar-refractivity contribution is 6.09. The second kappa shape index (κ2) is 4.53. The number of pyridine rings is 1. The summed E-state index contributed by atoms with van der Waals surface area (Å²) in [6.45, 7) is 4.19. The molecule has 1 aliphatic rings. The third-order valence-electron chi connectivity index (χ3n) is 3.83. The molecule has 2 heterocycles. The van der Waals surface area contributed by atoms with Crippen molar-refractivity contribution in [1.29, 1.82) is 0 Å². The van der Waals surface area contributed by atoms with Gasteiger partial charge >= 0.3 is 0 Å². The number of aromatic nitrogens is 1. The van der Waals surface area contributed by atoms with Crippen molar-refractivity contribution in [3.63, 3.8) is 0 Å². The molecule has 2 N–H and O–H groups in total. The number of amides is 1. The van der Waals surface area contributed by atoms with E-state index < -0.39 is 0 Å². The van der Waals surface area contributed by atoms with Crippen molar-refractivity contribution in [3.8, 4) is 0 Å². The molecule has 0 saturated heterocycles. The summed E-state index contributed by atoms with van der Waals surface area (Å²) in [4.78, 5) is 16.5. The molecule has 1 aromatic carbocycles. The normalized spacial score (nSPS) is 19.5. The lowest BCUT2D eigenvalue weighted by molar-refractivity contribution is -0.118. The number of hydrogen-bond acceptors (Lipinski definition) is 3. The average molecular weight is 255 g/mol. The van der Waals surface area contributed by atoms with Crippen molar-refractivity contribution in [2.45, 2.75) is 26.3 Å². The van der Waals surface area contributed by atoms with Crippen molar-refractivity contribution in [1.82, 2.24) is 4.98 Å². The van der Waals surface area contributed by atoms with Gasteiger partial charge in [0.15, 0.2) is 0 Å². The van der Waals surface area contributed by atoms with E-state index in [0.29, 0.717) is 5.92 Å². The number of carbonyl (C=O) groups is 1. The summed E-state index contributed by atoms with van der Waals surface area (Å²) in [7, 11) is 0. The van der Waals surface area contributed by atoms with Gasteiger partial charge in [0, 0.05) is 5.39 Å². The Balaban J connectivity index is 2.10. The summed E-state index contributed by atoms with van der Waals surface area (Å²) >= 11 is 0. The zero-order valence-corrected chi connectivity index (χ0v) is 11.1.